The summed E-state index contributed by atoms with van der Waals surface area (Å²) in [7, 11) is 0. The van der Waals surface area contributed by atoms with E-state index in [1.165, 1.54) is 56.5 Å². The van der Waals surface area contributed by atoms with E-state index in [1.807, 2.05) is 0 Å². The summed E-state index contributed by atoms with van der Waals surface area (Å²) < 4.78 is 5.30. The predicted molar refractivity (Wildman–Crippen MR) is 185 cm³/mol. The first-order chi connectivity index (χ1) is 22.8. The second-order valence-corrected chi connectivity index (χ2v) is 14.5. The van der Waals surface area contributed by atoms with Crippen LogP contribution in [-0.4, -0.2) is 14.5 Å². The van der Waals surface area contributed by atoms with Crippen LogP contribution >= 0.6 is 0 Å². The monoisotopic (exact) mass is 698 g/mol. The quantitative estimate of drug-likeness (QED) is 0.181. The summed E-state index contributed by atoms with van der Waals surface area (Å²) in [6.45, 7) is 0. The number of para-hydroxylation sites is 1. The van der Waals surface area contributed by atoms with Crippen molar-refractivity contribution in [2.75, 3.05) is 0 Å². The standard InChI is InChI=1S/C42H25IN3/c1-3-13-26(14-4-1)28-23-24-33-36(25-28)46(42-44-35-22-12-10-20-32(35)40(45-42)27-15-5-2-6-16-27)41-38(33)30-18-8-7-17-29(30)37-31-19-9-11-21-34(31)43-39(37)41/h1-25H/q-1. The first-order valence-electron chi connectivity index (χ1n) is 15.5. The van der Waals surface area contributed by atoms with Gasteiger partial charge in [0.15, 0.2) is 0 Å². The summed E-state index contributed by atoms with van der Waals surface area (Å²) in [6, 6.07) is 54.4. The molecular formula is C42H25IN3-. The molecule has 216 valence electrons. The van der Waals surface area contributed by atoms with Crippen molar-refractivity contribution in [2.24, 2.45) is 0 Å². The van der Waals surface area contributed by atoms with Gasteiger partial charge >= 0.3 is 277 Å². The average Bonchev–Trinajstić information content (AvgIpc) is 3.68. The zero-order valence-electron chi connectivity index (χ0n) is 24.7. The van der Waals surface area contributed by atoms with E-state index in [4.69, 9.17) is 9.97 Å². The van der Waals surface area contributed by atoms with Crippen molar-refractivity contribution in [1.82, 2.24) is 14.5 Å². The number of hydrogen-bond acceptors (Lipinski definition) is 2. The fourth-order valence-electron chi connectivity index (χ4n) is 7.13. The Bertz CT molecular complexity index is 2660. The molecule has 0 spiro atoms. The van der Waals surface area contributed by atoms with Crippen LogP contribution in [0.25, 0.3) is 82.9 Å². The molecule has 0 amide bonds. The van der Waals surface area contributed by atoms with Crippen LogP contribution in [0.1, 0.15) is 0 Å². The summed E-state index contributed by atoms with van der Waals surface area (Å²) in [4.78, 5) is 10.8. The number of fused-ring (bicyclic) bond motifs is 11. The molecule has 10 rings (SSSR count). The number of hydrogen-bond donors (Lipinski definition) is 0. The zero-order valence-corrected chi connectivity index (χ0v) is 26.8. The molecule has 1 aliphatic heterocycles. The van der Waals surface area contributed by atoms with Crippen LogP contribution in [-0.2, 0) is 0 Å². The molecule has 3 nitrogen and oxygen atoms in total. The van der Waals surface area contributed by atoms with Crippen LogP contribution in [0, 0.1) is 7.14 Å². The molecule has 9 aromatic rings. The molecule has 1 aliphatic rings. The SMILES string of the molecule is c1ccc(-c2ccc3c4c5ccccc5c5c(c4n(-c4nc(-c6ccccc6)c6ccccc6n4)c3c2)[I-]c2ccccc2-5)cc1. The maximum atomic E-state index is 5.44. The molecule has 0 saturated heterocycles. The minimum atomic E-state index is -0.437. The molecule has 0 fully saturated rings. The van der Waals surface area contributed by atoms with Crippen LogP contribution in [0.3, 0.4) is 0 Å². The Morgan fingerprint density at radius 2 is 1.17 bits per heavy atom. The predicted octanol–water partition coefficient (Wildman–Crippen LogP) is 7.32. The number of aromatic nitrogens is 3. The van der Waals surface area contributed by atoms with Crippen LogP contribution in [0.4, 0.5) is 0 Å². The summed E-state index contributed by atoms with van der Waals surface area (Å²) in [5, 5.41) is 6.17. The van der Waals surface area contributed by atoms with Gasteiger partial charge in [-0.15, -0.1) is 0 Å². The topological polar surface area (TPSA) is 30.7 Å². The molecule has 3 heterocycles. The molecule has 0 saturated carbocycles. The van der Waals surface area contributed by atoms with Crippen molar-refractivity contribution < 1.29 is 21.2 Å². The molecule has 2 aromatic heterocycles. The number of halogens is 1. The van der Waals surface area contributed by atoms with E-state index in [2.05, 4.69) is 156 Å². The van der Waals surface area contributed by atoms with Gasteiger partial charge in [-0.1, -0.05) is 0 Å². The number of benzene rings is 7. The van der Waals surface area contributed by atoms with Gasteiger partial charge in [-0.25, -0.2) is 0 Å². The van der Waals surface area contributed by atoms with Crippen molar-refractivity contribution in [3.8, 4) is 39.5 Å². The number of nitrogens with zero attached hydrogens (tertiary/aromatic N) is 3. The fourth-order valence-corrected chi connectivity index (χ4v) is 10.5. The Balaban J connectivity index is 1.41. The second kappa shape index (κ2) is 10.1. The Hall–Kier alpha value is -5.33. The van der Waals surface area contributed by atoms with Crippen molar-refractivity contribution >= 4 is 43.5 Å². The van der Waals surface area contributed by atoms with Crippen molar-refractivity contribution in [1.29, 1.82) is 0 Å². The van der Waals surface area contributed by atoms with E-state index in [0.29, 0.717) is 5.95 Å². The van der Waals surface area contributed by atoms with Gasteiger partial charge in [0.1, 0.15) is 0 Å². The van der Waals surface area contributed by atoms with E-state index in [1.54, 1.807) is 0 Å². The fraction of sp³-hybridized carbons (Fsp3) is 0. The Kier molecular flexibility index (Phi) is 5.69. The summed E-state index contributed by atoms with van der Waals surface area (Å²) in [5.41, 5.74) is 10.5. The normalized spacial score (nSPS) is 12.4. The van der Waals surface area contributed by atoms with Crippen LogP contribution in [0.2, 0.25) is 0 Å². The molecule has 0 atom stereocenters. The van der Waals surface area contributed by atoms with E-state index in [-0.39, 0.29) is 0 Å². The minimum absolute atomic E-state index is 0.437. The van der Waals surface area contributed by atoms with Crippen LogP contribution < -0.4 is 21.2 Å². The van der Waals surface area contributed by atoms with Gasteiger partial charge in [-0.2, -0.15) is 0 Å². The van der Waals surface area contributed by atoms with Gasteiger partial charge in [-0.3, -0.25) is 0 Å². The second-order valence-electron chi connectivity index (χ2n) is 11.7. The third kappa shape index (κ3) is 3.77. The third-order valence-electron chi connectivity index (χ3n) is 9.15. The Morgan fingerprint density at radius 3 is 2.00 bits per heavy atom. The molecule has 7 aromatic carbocycles. The van der Waals surface area contributed by atoms with Crippen molar-refractivity contribution in [3.05, 3.63) is 159 Å². The first-order valence-corrected chi connectivity index (χ1v) is 17.6. The van der Waals surface area contributed by atoms with Crippen LogP contribution in [0.5, 0.6) is 0 Å². The van der Waals surface area contributed by atoms with Gasteiger partial charge in [0.05, 0.1) is 0 Å². The molecule has 0 unspecified atom stereocenters. The van der Waals surface area contributed by atoms with E-state index < -0.39 is 21.2 Å². The molecule has 0 aliphatic carbocycles. The molecule has 4 heteroatoms. The van der Waals surface area contributed by atoms with E-state index in [0.717, 1.165) is 27.7 Å². The summed E-state index contributed by atoms with van der Waals surface area (Å²) in [5.74, 6) is 0.709. The van der Waals surface area contributed by atoms with E-state index in [9.17, 15) is 0 Å². The Labute approximate surface area is 276 Å². The molecule has 46 heavy (non-hydrogen) atoms. The molecule has 0 radical (unpaired) electrons. The van der Waals surface area contributed by atoms with Gasteiger partial charge in [0.25, 0.3) is 0 Å². The number of rotatable bonds is 3. The van der Waals surface area contributed by atoms with Crippen molar-refractivity contribution in [3.63, 3.8) is 0 Å². The van der Waals surface area contributed by atoms with Gasteiger partial charge in [-0.05, 0) is 0 Å². The van der Waals surface area contributed by atoms with E-state index >= 15 is 0 Å². The van der Waals surface area contributed by atoms with Crippen LogP contribution in [0.15, 0.2) is 152 Å². The summed E-state index contributed by atoms with van der Waals surface area (Å²) in [6.07, 6.45) is 0. The molecule has 0 N–H and O–H groups in total. The molecular weight excluding hydrogens is 673 g/mol. The maximum absolute atomic E-state index is 5.44. The first kappa shape index (κ1) is 25.9. The molecule has 0 bridgehead atoms. The van der Waals surface area contributed by atoms with Crippen molar-refractivity contribution in [2.45, 2.75) is 0 Å². The van der Waals surface area contributed by atoms with Gasteiger partial charge in [0, 0.05) is 0 Å². The summed E-state index contributed by atoms with van der Waals surface area (Å²) >= 11 is -0.437. The van der Waals surface area contributed by atoms with Gasteiger partial charge < -0.3 is 0 Å². The Morgan fingerprint density at radius 1 is 0.500 bits per heavy atom. The third-order valence-corrected chi connectivity index (χ3v) is 12.3. The average molecular weight is 699 g/mol. The zero-order chi connectivity index (χ0) is 30.2. The van der Waals surface area contributed by atoms with Gasteiger partial charge in [0.2, 0.25) is 0 Å².